The Morgan fingerprint density at radius 1 is 1.32 bits per heavy atom. The van der Waals surface area contributed by atoms with Crippen LogP contribution in [0.3, 0.4) is 0 Å². The van der Waals surface area contributed by atoms with E-state index in [0.29, 0.717) is 35.7 Å². The lowest BCUT2D eigenvalue weighted by Crippen LogP contribution is -2.33. The van der Waals surface area contributed by atoms with Gasteiger partial charge in [0.2, 0.25) is 0 Å². The summed E-state index contributed by atoms with van der Waals surface area (Å²) in [6.45, 7) is -0.00944. The van der Waals surface area contributed by atoms with Gasteiger partial charge in [0.15, 0.2) is 0 Å². The van der Waals surface area contributed by atoms with Gasteiger partial charge in [-0.1, -0.05) is 12.1 Å². The molecule has 1 aliphatic heterocycles. The third-order valence-corrected chi connectivity index (χ3v) is 4.43. The molecule has 0 bridgehead atoms. The molecule has 1 aliphatic rings. The molecule has 1 aromatic carbocycles. The van der Waals surface area contributed by atoms with Crippen LogP contribution in [0.1, 0.15) is 24.7 Å². The fourth-order valence-corrected chi connectivity index (χ4v) is 3.38. The fourth-order valence-electron chi connectivity index (χ4n) is 3.38. The standard InChI is InChI=1S/C17H16F2N4O2/c18-14(19)10-23-15(21-12-5-2-1-4-11(12)16(23)24)13-6-3-8-22(13)17-20-7-9-25-17/h1-2,4-5,7,9,13-14H,3,6,8,10H2. The minimum atomic E-state index is -2.64. The number of anilines is 1. The second-order valence-corrected chi connectivity index (χ2v) is 5.96. The molecule has 0 N–H and O–H groups in total. The highest BCUT2D eigenvalue weighted by Gasteiger charge is 2.33. The second-order valence-electron chi connectivity index (χ2n) is 5.96. The highest BCUT2D eigenvalue weighted by atomic mass is 19.3. The van der Waals surface area contributed by atoms with Crippen LogP contribution in [0.5, 0.6) is 0 Å². The van der Waals surface area contributed by atoms with Crippen molar-refractivity contribution in [2.24, 2.45) is 0 Å². The van der Waals surface area contributed by atoms with Gasteiger partial charge in [-0.25, -0.2) is 18.7 Å². The summed E-state index contributed by atoms with van der Waals surface area (Å²) in [7, 11) is 0. The molecule has 130 valence electrons. The van der Waals surface area contributed by atoms with Crippen LogP contribution >= 0.6 is 0 Å². The molecule has 6 nitrogen and oxygen atoms in total. The van der Waals surface area contributed by atoms with Gasteiger partial charge in [0.1, 0.15) is 12.1 Å². The van der Waals surface area contributed by atoms with Gasteiger partial charge in [-0.15, -0.1) is 0 Å². The summed E-state index contributed by atoms with van der Waals surface area (Å²) >= 11 is 0. The van der Waals surface area contributed by atoms with E-state index < -0.39 is 18.5 Å². The Hall–Kier alpha value is -2.77. The Morgan fingerprint density at radius 2 is 2.16 bits per heavy atom. The molecule has 0 amide bonds. The largest absolute Gasteiger partial charge is 0.432 e. The number of nitrogens with zero attached hydrogens (tertiary/aromatic N) is 4. The number of hydrogen-bond acceptors (Lipinski definition) is 5. The van der Waals surface area contributed by atoms with Gasteiger partial charge in [0, 0.05) is 6.54 Å². The van der Waals surface area contributed by atoms with Crippen molar-refractivity contribution in [3.05, 3.63) is 52.9 Å². The lowest BCUT2D eigenvalue weighted by atomic mass is 10.1. The van der Waals surface area contributed by atoms with E-state index in [4.69, 9.17) is 4.42 Å². The first-order chi connectivity index (χ1) is 12.1. The third kappa shape index (κ3) is 2.77. The Bertz CT molecular complexity index is 939. The average molecular weight is 346 g/mol. The van der Waals surface area contributed by atoms with Crippen molar-refractivity contribution in [2.45, 2.75) is 31.9 Å². The molecule has 3 heterocycles. The van der Waals surface area contributed by atoms with Crippen molar-refractivity contribution >= 4 is 16.9 Å². The van der Waals surface area contributed by atoms with Crippen LogP contribution in [0.2, 0.25) is 0 Å². The minimum absolute atomic E-state index is 0.324. The quantitative estimate of drug-likeness (QED) is 0.727. The zero-order chi connectivity index (χ0) is 17.4. The predicted molar refractivity (Wildman–Crippen MR) is 87.8 cm³/mol. The van der Waals surface area contributed by atoms with Crippen molar-refractivity contribution in [3.8, 4) is 0 Å². The SMILES string of the molecule is O=c1c2ccccc2nc(C2CCCN2c2ncco2)n1CC(F)F. The zero-order valence-corrected chi connectivity index (χ0v) is 13.3. The number of fused-ring (bicyclic) bond motifs is 1. The van der Waals surface area contributed by atoms with E-state index in [2.05, 4.69) is 9.97 Å². The maximum atomic E-state index is 13.1. The molecular weight excluding hydrogens is 330 g/mol. The van der Waals surface area contributed by atoms with E-state index in [1.807, 2.05) is 4.90 Å². The summed E-state index contributed by atoms with van der Waals surface area (Å²) in [5.74, 6) is 0.333. The number of halogens is 2. The summed E-state index contributed by atoms with van der Waals surface area (Å²) in [6.07, 6.45) is 1.88. The molecule has 3 aromatic rings. The number of rotatable bonds is 4. The fraction of sp³-hybridized carbons (Fsp3) is 0.353. The van der Waals surface area contributed by atoms with Crippen LogP contribution in [0.4, 0.5) is 14.8 Å². The highest BCUT2D eigenvalue weighted by Crippen LogP contribution is 2.34. The predicted octanol–water partition coefficient (Wildman–Crippen LogP) is 2.99. The molecule has 8 heteroatoms. The van der Waals surface area contributed by atoms with Crippen molar-refractivity contribution in [1.82, 2.24) is 14.5 Å². The van der Waals surface area contributed by atoms with Crippen LogP contribution in [0, 0.1) is 0 Å². The lowest BCUT2D eigenvalue weighted by Gasteiger charge is -2.25. The summed E-state index contributed by atoms with van der Waals surface area (Å²) in [5.41, 5.74) is 0.0624. The summed E-state index contributed by atoms with van der Waals surface area (Å²) in [6, 6.07) is 6.89. The van der Waals surface area contributed by atoms with Gasteiger partial charge < -0.3 is 9.32 Å². The number of benzene rings is 1. The van der Waals surface area contributed by atoms with Crippen LogP contribution in [-0.2, 0) is 6.54 Å². The number of alkyl halides is 2. The number of para-hydroxylation sites is 1. The van der Waals surface area contributed by atoms with E-state index in [-0.39, 0.29) is 6.04 Å². The number of hydrogen-bond donors (Lipinski definition) is 0. The minimum Gasteiger partial charge on any atom is -0.432 e. The normalized spacial score (nSPS) is 17.7. The van der Waals surface area contributed by atoms with Gasteiger partial charge in [-0.2, -0.15) is 0 Å². The summed E-state index contributed by atoms with van der Waals surface area (Å²) in [4.78, 5) is 23.3. The van der Waals surface area contributed by atoms with Gasteiger partial charge in [0.25, 0.3) is 18.0 Å². The van der Waals surface area contributed by atoms with Crippen LogP contribution in [-0.4, -0.2) is 27.5 Å². The van der Waals surface area contributed by atoms with E-state index in [9.17, 15) is 13.6 Å². The van der Waals surface area contributed by atoms with Gasteiger partial charge in [-0.05, 0) is 25.0 Å². The average Bonchev–Trinajstić information content (AvgIpc) is 3.27. The molecular formula is C17H16F2N4O2. The monoisotopic (exact) mass is 346 g/mol. The molecule has 1 fully saturated rings. The molecule has 1 unspecified atom stereocenters. The molecule has 1 atom stereocenters. The molecule has 25 heavy (non-hydrogen) atoms. The first-order valence-corrected chi connectivity index (χ1v) is 8.09. The number of aromatic nitrogens is 3. The molecule has 0 saturated carbocycles. The van der Waals surface area contributed by atoms with Crippen LogP contribution in [0.25, 0.3) is 10.9 Å². The van der Waals surface area contributed by atoms with Crippen molar-refractivity contribution in [2.75, 3.05) is 11.4 Å². The van der Waals surface area contributed by atoms with Crippen LogP contribution < -0.4 is 10.5 Å². The van der Waals surface area contributed by atoms with Gasteiger partial charge in [0.05, 0.1) is 29.7 Å². The van der Waals surface area contributed by atoms with E-state index in [1.165, 1.54) is 12.5 Å². The topological polar surface area (TPSA) is 64.2 Å². The molecule has 1 saturated heterocycles. The van der Waals surface area contributed by atoms with E-state index in [1.54, 1.807) is 24.3 Å². The van der Waals surface area contributed by atoms with Crippen molar-refractivity contribution in [3.63, 3.8) is 0 Å². The van der Waals surface area contributed by atoms with E-state index >= 15 is 0 Å². The summed E-state index contributed by atoms with van der Waals surface area (Å²) in [5, 5.41) is 0.340. The molecule has 0 spiro atoms. The maximum absolute atomic E-state index is 13.1. The van der Waals surface area contributed by atoms with Crippen molar-refractivity contribution in [1.29, 1.82) is 0 Å². The zero-order valence-electron chi connectivity index (χ0n) is 13.3. The van der Waals surface area contributed by atoms with Crippen molar-refractivity contribution < 1.29 is 13.2 Å². The molecule has 2 aromatic heterocycles. The summed E-state index contributed by atoms with van der Waals surface area (Å²) < 4.78 is 32.7. The number of oxazole rings is 1. The Labute approximate surface area is 141 Å². The highest BCUT2D eigenvalue weighted by molar-refractivity contribution is 5.77. The van der Waals surface area contributed by atoms with Gasteiger partial charge in [-0.3, -0.25) is 9.36 Å². The second kappa shape index (κ2) is 6.27. The maximum Gasteiger partial charge on any atom is 0.297 e. The van der Waals surface area contributed by atoms with E-state index in [0.717, 1.165) is 11.0 Å². The Morgan fingerprint density at radius 3 is 2.92 bits per heavy atom. The third-order valence-electron chi connectivity index (χ3n) is 4.43. The first-order valence-electron chi connectivity index (χ1n) is 8.09. The Balaban J connectivity index is 1.89. The van der Waals surface area contributed by atoms with Gasteiger partial charge >= 0.3 is 0 Å². The first kappa shape index (κ1) is 15.7. The Kier molecular flexibility index (Phi) is 3.95. The molecule has 0 radical (unpaired) electrons. The molecule has 0 aliphatic carbocycles. The molecule has 4 rings (SSSR count). The lowest BCUT2D eigenvalue weighted by molar-refractivity contribution is 0.123. The van der Waals surface area contributed by atoms with Crippen LogP contribution in [0.15, 0.2) is 45.9 Å². The smallest absolute Gasteiger partial charge is 0.297 e.